The van der Waals surface area contributed by atoms with Crippen molar-refractivity contribution in [2.75, 3.05) is 38.6 Å². The number of piperidine rings is 1. The Morgan fingerprint density at radius 1 is 1.33 bits per heavy atom. The third kappa shape index (κ3) is 4.97. The van der Waals surface area contributed by atoms with Gasteiger partial charge in [0.1, 0.15) is 5.82 Å². The quantitative estimate of drug-likeness (QED) is 0.871. The Labute approximate surface area is 129 Å². The van der Waals surface area contributed by atoms with Crippen LogP contribution in [0.2, 0.25) is 0 Å². The molecule has 1 fully saturated rings. The van der Waals surface area contributed by atoms with Crippen LogP contribution in [0.4, 0.5) is 5.82 Å². The Morgan fingerprint density at radius 3 is 2.62 bits per heavy atom. The number of hydrogen-bond donors (Lipinski definition) is 1. The first-order valence-corrected chi connectivity index (χ1v) is 8.13. The molecule has 0 unspecified atom stereocenters. The van der Waals surface area contributed by atoms with Crippen LogP contribution in [0.15, 0.2) is 18.3 Å². The molecule has 0 bridgehead atoms. The fraction of sp³-hybridized carbons (Fsp3) is 0.706. The lowest BCUT2D eigenvalue weighted by Gasteiger charge is -2.35. The van der Waals surface area contributed by atoms with Crippen molar-refractivity contribution < 1.29 is 0 Å². The fourth-order valence-corrected chi connectivity index (χ4v) is 2.80. The van der Waals surface area contributed by atoms with E-state index >= 15 is 0 Å². The molecule has 0 aliphatic carbocycles. The summed E-state index contributed by atoms with van der Waals surface area (Å²) >= 11 is 0. The van der Waals surface area contributed by atoms with E-state index in [1.165, 1.54) is 31.5 Å². The predicted octanol–water partition coefficient (Wildman–Crippen LogP) is 2.36. The molecular weight excluding hydrogens is 260 g/mol. The molecule has 1 aromatic rings. The summed E-state index contributed by atoms with van der Waals surface area (Å²) in [7, 11) is 4.38. The number of nitrogens with one attached hydrogen (secondary N) is 1. The molecule has 0 atom stereocenters. The monoisotopic (exact) mass is 290 g/mol. The number of likely N-dealkylation sites (tertiary alicyclic amines) is 1. The van der Waals surface area contributed by atoms with E-state index in [1.807, 2.05) is 6.20 Å². The highest BCUT2D eigenvalue weighted by Gasteiger charge is 2.21. The second-order valence-electron chi connectivity index (χ2n) is 6.69. The molecule has 2 heterocycles. The van der Waals surface area contributed by atoms with Gasteiger partial charge in [-0.3, -0.25) is 0 Å². The summed E-state index contributed by atoms with van der Waals surface area (Å²) in [4.78, 5) is 9.39. The van der Waals surface area contributed by atoms with E-state index in [0.29, 0.717) is 12.0 Å². The second-order valence-corrected chi connectivity index (χ2v) is 6.69. The van der Waals surface area contributed by atoms with Crippen LogP contribution in [0.1, 0.15) is 32.3 Å². The summed E-state index contributed by atoms with van der Waals surface area (Å²) in [5.74, 6) is 1.78. The van der Waals surface area contributed by atoms with Crippen LogP contribution >= 0.6 is 0 Å². The van der Waals surface area contributed by atoms with Crippen molar-refractivity contribution in [3.05, 3.63) is 23.9 Å². The minimum Gasteiger partial charge on any atom is -0.357 e. The third-order valence-corrected chi connectivity index (χ3v) is 4.29. The molecule has 0 aromatic carbocycles. The molecule has 21 heavy (non-hydrogen) atoms. The Hall–Kier alpha value is -1.13. The lowest BCUT2D eigenvalue weighted by molar-refractivity contribution is 0.252. The van der Waals surface area contributed by atoms with Gasteiger partial charge in [0.15, 0.2) is 0 Å². The maximum atomic E-state index is 4.64. The zero-order chi connectivity index (χ0) is 15.2. The molecule has 1 aliphatic heterocycles. The Morgan fingerprint density at radius 2 is 2.05 bits per heavy atom. The van der Waals surface area contributed by atoms with Crippen LogP contribution in [0.3, 0.4) is 0 Å². The third-order valence-electron chi connectivity index (χ3n) is 4.29. The predicted molar refractivity (Wildman–Crippen MR) is 89.7 cm³/mol. The number of anilines is 1. The maximum absolute atomic E-state index is 4.64. The molecule has 0 amide bonds. The molecule has 4 nitrogen and oxygen atoms in total. The topological polar surface area (TPSA) is 31.4 Å². The highest BCUT2D eigenvalue weighted by atomic mass is 15.2. The Bertz CT molecular complexity index is 407. The van der Waals surface area contributed by atoms with Crippen molar-refractivity contribution in [3.63, 3.8) is 0 Å². The number of rotatable bonds is 6. The number of hydrogen-bond acceptors (Lipinski definition) is 4. The number of pyridine rings is 1. The minimum atomic E-state index is 0.624. The van der Waals surface area contributed by atoms with Crippen molar-refractivity contribution in [3.8, 4) is 0 Å². The molecule has 1 aliphatic rings. The molecule has 0 spiro atoms. The minimum absolute atomic E-state index is 0.624. The summed E-state index contributed by atoms with van der Waals surface area (Å²) in [6.07, 6.45) is 4.47. The average molecular weight is 290 g/mol. The van der Waals surface area contributed by atoms with Crippen molar-refractivity contribution in [2.45, 2.75) is 39.3 Å². The summed E-state index contributed by atoms with van der Waals surface area (Å²) in [5, 5.41) is 3.46. The molecule has 0 radical (unpaired) electrons. The first kappa shape index (κ1) is 16.2. The zero-order valence-electron chi connectivity index (χ0n) is 14.0. The molecule has 118 valence electrons. The van der Waals surface area contributed by atoms with E-state index in [1.54, 1.807) is 0 Å². The summed E-state index contributed by atoms with van der Waals surface area (Å²) < 4.78 is 0. The van der Waals surface area contributed by atoms with Gasteiger partial charge in [-0.25, -0.2) is 4.98 Å². The second kappa shape index (κ2) is 7.76. The van der Waals surface area contributed by atoms with Crippen LogP contribution < -0.4 is 10.2 Å². The van der Waals surface area contributed by atoms with E-state index in [-0.39, 0.29) is 0 Å². The standard InChI is InChI=1S/C17H30N4/c1-14(2)11-18-12-15-5-6-17(19-13-15)21(4)16-7-9-20(3)10-8-16/h5-6,13-14,16,18H,7-12H2,1-4H3. The van der Waals surface area contributed by atoms with Crippen molar-refractivity contribution in [1.82, 2.24) is 15.2 Å². The van der Waals surface area contributed by atoms with Crippen LogP contribution in [0.25, 0.3) is 0 Å². The zero-order valence-corrected chi connectivity index (χ0v) is 14.0. The van der Waals surface area contributed by atoms with Crippen LogP contribution in [0, 0.1) is 5.92 Å². The van der Waals surface area contributed by atoms with E-state index < -0.39 is 0 Å². The molecule has 1 N–H and O–H groups in total. The van der Waals surface area contributed by atoms with Crippen molar-refractivity contribution >= 4 is 5.82 Å². The smallest absolute Gasteiger partial charge is 0.128 e. The van der Waals surface area contributed by atoms with Gasteiger partial charge in [-0.05, 0) is 57.1 Å². The highest BCUT2D eigenvalue weighted by Crippen LogP contribution is 2.20. The molecule has 1 aromatic heterocycles. The van der Waals surface area contributed by atoms with Crippen molar-refractivity contribution in [1.29, 1.82) is 0 Å². The van der Waals surface area contributed by atoms with Crippen LogP contribution in [-0.2, 0) is 6.54 Å². The molecular formula is C17H30N4. The van der Waals surface area contributed by atoms with E-state index in [9.17, 15) is 0 Å². The number of aromatic nitrogens is 1. The Kier molecular flexibility index (Phi) is 6.00. The van der Waals surface area contributed by atoms with Gasteiger partial charge < -0.3 is 15.1 Å². The first-order valence-electron chi connectivity index (χ1n) is 8.13. The summed E-state index contributed by atoms with van der Waals surface area (Å²) in [6.45, 7) is 8.79. The van der Waals surface area contributed by atoms with Gasteiger partial charge in [0.25, 0.3) is 0 Å². The van der Waals surface area contributed by atoms with Crippen LogP contribution in [-0.4, -0.2) is 49.7 Å². The van der Waals surface area contributed by atoms with Gasteiger partial charge in [-0.1, -0.05) is 19.9 Å². The molecule has 0 saturated carbocycles. The van der Waals surface area contributed by atoms with Gasteiger partial charge in [0.05, 0.1) is 0 Å². The van der Waals surface area contributed by atoms with E-state index in [4.69, 9.17) is 0 Å². The van der Waals surface area contributed by atoms with Gasteiger partial charge in [-0.2, -0.15) is 0 Å². The lowest BCUT2D eigenvalue weighted by Crippen LogP contribution is -2.42. The average Bonchev–Trinajstić information content (AvgIpc) is 2.48. The van der Waals surface area contributed by atoms with Crippen LogP contribution in [0.5, 0.6) is 0 Å². The maximum Gasteiger partial charge on any atom is 0.128 e. The van der Waals surface area contributed by atoms with E-state index in [0.717, 1.165) is 18.9 Å². The lowest BCUT2D eigenvalue weighted by atomic mass is 10.0. The normalized spacial score (nSPS) is 17.4. The van der Waals surface area contributed by atoms with Gasteiger partial charge in [-0.15, -0.1) is 0 Å². The molecule has 1 saturated heterocycles. The van der Waals surface area contributed by atoms with Gasteiger partial charge in [0.2, 0.25) is 0 Å². The molecule has 2 rings (SSSR count). The SMILES string of the molecule is CC(C)CNCc1ccc(N(C)C2CCN(C)CC2)nc1. The first-order chi connectivity index (χ1) is 10.1. The highest BCUT2D eigenvalue weighted by molar-refractivity contribution is 5.39. The largest absolute Gasteiger partial charge is 0.357 e. The van der Waals surface area contributed by atoms with Crippen molar-refractivity contribution in [2.24, 2.45) is 5.92 Å². The van der Waals surface area contributed by atoms with Gasteiger partial charge >= 0.3 is 0 Å². The number of nitrogens with zero attached hydrogens (tertiary/aromatic N) is 3. The Balaban J connectivity index is 1.86. The molecule has 4 heteroatoms. The van der Waals surface area contributed by atoms with E-state index in [2.05, 4.69) is 60.2 Å². The summed E-state index contributed by atoms with van der Waals surface area (Å²) in [5.41, 5.74) is 1.26. The van der Waals surface area contributed by atoms with Gasteiger partial charge in [0, 0.05) is 25.8 Å². The summed E-state index contributed by atoms with van der Waals surface area (Å²) in [6, 6.07) is 4.98. The fourth-order valence-electron chi connectivity index (χ4n) is 2.80.